The van der Waals surface area contributed by atoms with E-state index in [0.717, 1.165) is 0 Å². The standard InChI is InChI=1S/C9H13N3O4/c10-5-7(6-11-3-4-13)9(16)12-2-1-8(14)15/h6,11,13H,1-4H2,(H,12,16)(H,14,15)/b7-6-. The highest BCUT2D eigenvalue weighted by Gasteiger charge is 2.08. The van der Waals surface area contributed by atoms with Crippen LogP contribution in [-0.4, -0.2) is 41.8 Å². The van der Waals surface area contributed by atoms with Gasteiger partial charge in [-0.2, -0.15) is 5.26 Å². The minimum absolute atomic E-state index is 0.0345. The van der Waals surface area contributed by atoms with E-state index in [-0.39, 0.29) is 31.7 Å². The molecule has 0 fully saturated rings. The summed E-state index contributed by atoms with van der Waals surface area (Å²) in [5, 5.41) is 30.2. The third kappa shape index (κ3) is 6.39. The van der Waals surface area contributed by atoms with Crippen molar-refractivity contribution in [3.05, 3.63) is 11.8 Å². The number of rotatable bonds is 7. The Morgan fingerprint density at radius 1 is 1.38 bits per heavy atom. The summed E-state index contributed by atoms with van der Waals surface area (Å²) in [6, 6.07) is 1.66. The normalized spacial score (nSPS) is 10.4. The summed E-state index contributed by atoms with van der Waals surface area (Å²) in [5.41, 5.74) is -0.168. The summed E-state index contributed by atoms with van der Waals surface area (Å²) in [7, 11) is 0. The van der Waals surface area contributed by atoms with Gasteiger partial charge in [-0.05, 0) is 0 Å². The van der Waals surface area contributed by atoms with Crippen LogP contribution in [0.4, 0.5) is 0 Å². The van der Waals surface area contributed by atoms with Crippen molar-refractivity contribution < 1.29 is 19.8 Å². The van der Waals surface area contributed by atoms with Gasteiger partial charge in [0.1, 0.15) is 11.6 Å². The minimum atomic E-state index is -1.03. The molecule has 4 N–H and O–H groups in total. The number of nitriles is 1. The average Bonchev–Trinajstić information content (AvgIpc) is 2.23. The first-order chi connectivity index (χ1) is 7.61. The van der Waals surface area contributed by atoms with Gasteiger partial charge in [-0.15, -0.1) is 0 Å². The predicted octanol–water partition coefficient (Wildman–Crippen LogP) is -1.43. The van der Waals surface area contributed by atoms with Gasteiger partial charge in [0.05, 0.1) is 13.0 Å². The number of aliphatic hydroxyl groups is 1. The zero-order valence-electron chi connectivity index (χ0n) is 8.56. The molecule has 1 amide bonds. The highest BCUT2D eigenvalue weighted by Crippen LogP contribution is 1.90. The molecule has 0 saturated heterocycles. The topological polar surface area (TPSA) is 122 Å². The summed E-state index contributed by atoms with van der Waals surface area (Å²) >= 11 is 0. The van der Waals surface area contributed by atoms with Crippen molar-refractivity contribution in [2.24, 2.45) is 0 Å². The molecule has 7 heteroatoms. The van der Waals surface area contributed by atoms with Gasteiger partial charge in [0, 0.05) is 19.3 Å². The Kier molecular flexibility index (Phi) is 7.19. The first-order valence-electron chi connectivity index (χ1n) is 4.56. The van der Waals surface area contributed by atoms with Crippen LogP contribution in [-0.2, 0) is 9.59 Å². The zero-order valence-corrected chi connectivity index (χ0v) is 8.56. The van der Waals surface area contributed by atoms with E-state index in [4.69, 9.17) is 15.5 Å². The number of carboxylic acids is 1. The minimum Gasteiger partial charge on any atom is -0.481 e. The van der Waals surface area contributed by atoms with Crippen molar-refractivity contribution in [1.82, 2.24) is 10.6 Å². The van der Waals surface area contributed by atoms with Crippen LogP contribution in [0.5, 0.6) is 0 Å². The van der Waals surface area contributed by atoms with Crippen LogP contribution in [0.15, 0.2) is 11.8 Å². The molecule has 0 aromatic rings. The molecule has 0 rings (SSSR count). The molecule has 0 aliphatic carbocycles. The van der Waals surface area contributed by atoms with Gasteiger partial charge in [-0.1, -0.05) is 0 Å². The first kappa shape index (κ1) is 13.9. The van der Waals surface area contributed by atoms with Gasteiger partial charge in [-0.3, -0.25) is 9.59 Å². The molecule has 0 aliphatic heterocycles. The fourth-order valence-corrected chi connectivity index (χ4v) is 0.766. The summed E-state index contributed by atoms with van der Waals surface area (Å²) in [6.45, 7) is 0.0800. The summed E-state index contributed by atoms with van der Waals surface area (Å²) in [6.07, 6.45) is 0.973. The van der Waals surface area contributed by atoms with E-state index >= 15 is 0 Å². The van der Waals surface area contributed by atoms with Crippen molar-refractivity contribution in [3.63, 3.8) is 0 Å². The van der Waals surface area contributed by atoms with Crippen LogP contribution in [0.25, 0.3) is 0 Å². The molecule has 7 nitrogen and oxygen atoms in total. The van der Waals surface area contributed by atoms with Crippen LogP contribution in [0.3, 0.4) is 0 Å². The molecular formula is C9H13N3O4. The maximum atomic E-state index is 11.3. The van der Waals surface area contributed by atoms with Gasteiger partial charge in [0.15, 0.2) is 0 Å². The third-order valence-electron chi connectivity index (χ3n) is 1.49. The van der Waals surface area contributed by atoms with E-state index in [1.807, 2.05) is 0 Å². The molecule has 16 heavy (non-hydrogen) atoms. The summed E-state index contributed by atoms with van der Waals surface area (Å²) in [5.74, 6) is -1.67. The molecule has 0 bridgehead atoms. The largest absolute Gasteiger partial charge is 0.481 e. The number of amides is 1. The van der Waals surface area contributed by atoms with Crippen molar-refractivity contribution in [3.8, 4) is 6.07 Å². The van der Waals surface area contributed by atoms with Gasteiger partial charge < -0.3 is 20.8 Å². The van der Waals surface area contributed by atoms with Crippen molar-refractivity contribution in [1.29, 1.82) is 5.26 Å². The van der Waals surface area contributed by atoms with Crippen LogP contribution in [0.2, 0.25) is 0 Å². The van der Waals surface area contributed by atoms with Gasteiger partial charge >= 0.3 is 5.97 Å². The number of nitrogens with one attached hydrogen (secondary N) is 2. The van der Waals surface area contributed by atoms with E-state index in [1.165, 1.54) is 6.20 Å². The molecule has 0 atom stereocenters. The Morgan fingerprint density at radius 3 is 2.56 bits per heavy atom. The van der Waals surface area contributed by atoms with Crippen LogP contribution in [0, 0.1) is 11.3 Å². The lowest BCUT2D eigenvalue weighted by Gasteiger charge is -2.02. The molecule has 0 aromatic heterocycles. The highest BCUT2D eigenvalue weighted by molar-refractivity contribution is 5.97. The highest BCUT2D eigenvalue weighted by atomic mass is 16.4. The Balaban J connectivity index is 4.07. The Labute approximate surface area is 92.4 Å². The van der Waals surface area contributed by atoms with E-state index < -0.39 is 11.9 Å². The van der Waals surface area contributed by atoms with Crippen LogP contribution < -0.4 is 10.6 Å². The summed E-state index contributed by atoms with van der Waals surface area (Å²) < 4.78 is 0. The average molecular weight is 227 g/mol. The number of aliphatic hydroxyl groups excluding tert-OH is 1. The van der Waals surface area contributed by atoms with Crippen molar-refractivity contribution >= 4 is 11.9 Å². The Bertz CT molecular complexity index is 319. The fraction of sp³-hybridized carbons (Fsp3) is 0.444. The van der Waals surface area contributed by atoms with Crippen LogP contribution in [0.1, 0.15) is 6.42 Å². The molecule has 0 radical (unpaired) electrons. The smallest absolute Gasteiger partial charge is 0.305 e. The SMILES string of the molecule is N#C/C(=C/NCCO)C(=O)NCCC(=O)O. The molecular weight excluding hydrogens is 214 g/mol. The van der Waals surface area contributed by atoms with E-state index in [0.29, 0.717) is 0 Å². The molecule has 0 aromatic carbocycles. The van der Waals surface area contributed by atoms with Crippen molar-refractivity contribution in [2.75, 3.05) is 19.7 Å². The predicted molar refractivity (Wildman–Crippen MR) is 54.0 cm³/mol. The number of hydrogen-bond acceptors (Lipinski definition) is 5. The summed E-state index contributed by atoms with van der Waals surface area (Å²) in [4.78, 5) is 21.4. The first-order valence-corrected chi connectivity index (χ1v) is 4.56. The fourth-order valence-electron chi connectivity index (χ4n) is 0.766. The maximum Gasteiger partial charge on any atom is 0.305 e. The van der Waals surface area contributed by atoms with Gasteiger partial charge in [-0.25, -0.2) is 0 Å². The second kappa shape index (κ2) is 8.26. The second-order valence-corrected chi connectivity index (χ2v) is 2.75. The number of aliphatic carboxylic acids is 1. The monoisotopic (exact) mass is 227 g/mol. The number of carbonyl (C=O) groups excluding carboxylic acids is 1. The quantitative estimate of drug-likeness (QED) is 0.240. The third-order valence-corrected chi connectivity index (χ3v) is 1.49. The van der Waals surface area contributed by atoms with E-state index in [9.17, 15) is 9.59 Å². The van der Waals surface area contributed by atoms with E-state index in [2.05, 4.69) is 10.6 Å². The Hall–Kier alpha value is -2.07. The molecule has 0 aliphatic rings. The number of nitrogens with zero attached hydrogens (tertiary/aromatic N) is 1. The second-order valence-electron chi connectivity index (χ2n) is 2.75. The zero-order chi connectivity index (χ0) is 12.4. The van der Waals surface area contributed by atoms with Gasteiger partial charge in [0.2, 0.25) is 0 Å². The number of carboxylic acid groups (broad SMARTS) is 1. The lowest BCUT2D eigenvalue weighted by molar-refractivity contribution is -0.136. The lowest BCUT2D eigenvalue weighted by atomic mass is 10.3. The van der Waals surface area contributed by atoms with Gasteiger partial charge in [0.25, 0.3) is 5.91 Å². The molecule has 0 spiro atoms. The van der Waals surface area contributed by atoms with E-state index in [1.54, 1.807) is 6.07 Å². The molecule has 0 heterocycles. The van der Waals surface area contributed by atoms with Crippen LogP contribution >= 0.6 is 0 Å². The molecule has 0 saturated carbocycles. The van der Waals surface area contributed by atoms with Crippen molar-refractivity contribution in [2.45, 2.75) is 6.42 Å². The lowest BCUT2D eigenvalue weighted by Crippen LogP contribution is -2.28. The number of hydrogen-bond donors (Lipinski definition) is 4. The molecule has 88 valence electrons. The Morgan fingerprint density at radius 2 is 2.06 bits per heavy atom. The maximum absolute atomic E-state index is 11.3. The number of carbonyl (C=O) groups is 2. The molecule has 0 unspecified atom stereocenters.